The van der Waals surface area contributed by atoms with Crippen LogP contribution in [0.25, 0.3) is 0 Å². The van der Waals surface area contributed by atoms with E-state index in [1.54, 1.807) is 23.9 Å². The molecule has 0 radical (unpaired) electrons. The molecule has 0 amide bonds. The summed E-state index contributed by atoms with van der Waals surface area (Å²) in [5.41, 5.74) is 0. The van der Waals surface area contributed by atoms with E-state index in [2.05, 4.69) is 22.4 Å². The van der Waals surface area contributed by atoms with Crippen LogP contribution in [0.15, 0.2) is 33.7 Å². The summed E-state index contributed by atoms with van der Waals surface area (Å²) in [6.45, 7) is 4.07. The lowest BCUT2D eigenvalue weighted by Crippen LogP contribution is -2.08. The number of rotatable bonds is 4. The molecule has 1 aromatic heterocycles. The number of hydrogen-bond donors (Lipinski definition) is 1. The van der Waals surface area contributed by atoms with Gasteiger partial charge in [0.25, 0.3) is 0 Å². The van der Waals surface area contributed by atoms with E-state index in [-0.39, 0.29) is 5.82 Å². The first kappa shape index (κ1) is 13.6. The van der Waals surface area contributed by atoms with Gasteiger partial charge in [0, 0.05) is 11.4 Å². The quantitative estimate of drug-likeness (QED) is 0.879. The van der Waals surface area contributed by atoms with Gasteiger partial charge in [0.2, 0.25) is 5.89 Å². The van der Waals surface area contributed by atoms with Crippen molar-refractivity contribution < 1.29 is 8.91 Å². The Morgan fingerprint density at radius 2 is 2.15 bits per heavy atom. The minimum atomic E-state index is -0.223. The maximum Gasteiger partial charge on any atom is 0.231 e. The molecule has 20 heavy (non-hydrogen) atoms. The third-order valence-corrected chi connectivity index (χ3v) is 4.51. The van der Waals surface area contributed by atoms with Gasteiger partial charge in [0.15, 0.2) is 5.82 Å². The van der Waals surface area contributed by atoms with Crippen molar-refractivity contribution in [2.75, 3.05) is 13.1 Å². The summed E-state index contributed by atoms with van der Waals surface area (Å²) in [5, 5.41) is 7.34. The molecule has 0 saturated carbocycles. The monoisotopic (exact) mass is 293 g/mol. The lowest BCUT2D eigenvalue weighted by atomic mass is 9.98. The molecule has 1 saturated heterocycles. The number of thioether (sulfide) groups is 1. The predicted molar refractivity (Wildman–Crippen MR) is 75.0 cm³/mol. The largest absolute Gasteiger partial charge is 0.339 e. The molecule has 3 rings (SSSR count). The van der Waals surface area contributed by atoms with Crippen molar-refractivity contribution in [3.05, 3.63) is 41.8 Å². The summed E-state index contributed by atoms with van der Waals surface area (Å²) in [4.78, 5) is 5.46. The topological polar surface area (TPSA) is 51.0 Å². The van der Waals surface area contributed by atoms with Crippen LogP contribution in [0.3, 0.4) is 0 Å². The Morgan fingerprint density at radius 1 is 1.35 bits per heavy atom. The molecular weight excluding hydrogens is 277 g/mol. The van der Waals surface area contributed by atoms with Crippen molar-refractivity contribution in [2.45, 2.75) is 23.5 Å². The van der Waals surface area contributed by atoms with E-state index in [1.807, 2.05) is 0 Å². The summed E-state index contributed by atoms with van der Waals surface area (Å²) < 4.78 is 18.2. The lowest BCUT2D eigenvalue weighted by Gasteiger charge is -2.07. The average Bonchev–Trinajstić information content (AvgIpc) is 3.06. The number of halogens is 1. The predicted octanol–water partition coefficient (Wildman–Crippen LogP) is 2.82. The molecule has 6 heteroatoms. The van der Waals surface area contributed by atoms with Crippen molar-refractivity contribution in [3.8, 4) is 0 Å². The average molecular weight is 293 g/mol. The highest BCUT2D eigenvalue weighted by molar-refractivity contribution is 7.98. The fourth-order valence-electron chi connectivity index (χ4n) is 2.30. The van der Waals surface area contributed by atoms with Gasteiger partial charge in [-0.1, -0.05) is 12.1 Å². The highest BCUT2D eigenvalue weighted by Gasteiger charge is 2.29. The molecule has 4 nitrogen and oxygen atoms in total. The Morgan fingerprint density at radius 3 is 2.85 bits per heavy atom. The Labute approximate surface area is 121 Å². The second-order valence-electron chi connectivity index (χ2n) is 5.03. The molecule has 2 aromatic rings. The third kappa shape index (κ3) is 3.02. The highest BCUT2D eigenvalue weighted by atomic mass is 32.2. The van der Waals surface area contributed by atoms with Crippen LogP contribution in [0.2, 0.25) is 0 Å². The fourth-order valence-corrected chi connectivity index (χ4v) is 3.04. The summed E-state index contributed by atoms with van der Waals surface area (Å²) in [5.74, 6) is 2.65. The van der Waals surface area contributed by atoms with Gasteiger partial charge in [-0.05, 0) is 36.7 Å². The van der Waals surface area contributed by atoms with E-state index in [4.69, 9.17) is 4.52 Å². The Kier molecular flexibility index (Phi) is 4.03. The van der Waals surface area contributed by atoms with Crippen LogP contribution in [-0.2, 0) is 5.75 Å². The smallest absolute Gasteiger partial charge is 0.231 e. The zero-order valence-corrected chi connectivity index (χ0v) is 12.0. The zero-order valence-electron chi connectivity index (χ0n) is 11.2. The zero-order chi connectivity index (χ0) is 13.9. The molecule has 1 N–H and O–H groups in total. The van der Waals surface area contributed by atoms with Crippen LogP contribution < -0.4 is 5.32 Å². The maximum atomic E-state index is 12.8. The lowest BCUT2D eigenvalue weighted by molar-refractivity contribution is 0.337. The second kappa shape index (κ2) is 5.93. The molecule has 1 fully saturated rings. The van der Waals surface area contributed by atoms with Gasteiger partial charge in [-0.2, -0.15) is 4.98 Å². The van der Waals surface area contributed by atoms with Crippen molar-refractivity contribution in [3.63, 3.8) is 0 Å². The van der Waals surface area contributed by atoms with E-state index in [0.717, 1.165) is 23.9 Å². The molecule has 0 spiro atoms. The molecule has 0 bridgehead atoms. The standard InChI is InChI=1S/C14H16FN3OS/c1-9-6-16-7-12(9)14-17-13(18-19-14)8-20-11-4-2-10(15)3-5-11/h2-5,9,12,16H,6-8H2,1H3/t9-,12-/m1/s1. The van der Waals surface area contributed by atoms with Gasteiger partial charge in [-0.25, -0.2) is 4.39 Å². The van der Waals surface area contributed by atoms with Crippen molar-refractivity contribution >= 4 is 11.8 Å². The second-order valence-corrected chi connectivity index (χ2v) is 6.08. The summed E-state index contributed by atoms with van der Waals surface area (Å²) in [6.07, 6.45) is 0. The maximum absolute atomic E-state index is 12.8. The van der Waals surface area contributed by atoms with Crippen LogP contribution in [0, 0.1) is 11.7 Å². The normalized spacial score (nSPS) is 22.3. The molecule has 106 valence electrons. The number of hydrogen-bond acceptors (Lipinski definition) is 5. The molecule has 0 unspecified atom stereocenters. The van der Waals surface area contributed by atoms with Crippen molar-refractivity contribution in [2.24, 2.45) is 5.92 Å². The first-order valence-corrected chi connectivity index (χ1v) is 7.62. The molecule has 1 aliphatic heterocycles. The van der Waals surface area contributed by atoms with Crippen LogP contribution in [0.1, 0.15) is 24.6 Å². The van der Waals surface area contributed by atoms with E-state index >= 15 is 0 Å². The van der Waals surface area contributed by atoms with Crippen LogP contribution >= 0.6 is 11.8 Å². The van der Waals surface area contributed by atoms with Crippen LogP contribution in [0.4, 0.5) is 4.39 Å². The molecular formula is C14H16FN3OS. The fraction of sp³-hybridized carbons (Fsp3) is 0.429. The van der Waals surface area contributed by atoms with Gasteiger partial charge in [0.05, 0.1) is 11.7 Å². The number of benzene rings is 1. The minimum Gasteiger partial charge on any atom is -0.339 e. The molecule has 1 aromatic carbocycles. The summed E-state index contributed by atoms with van der Waals surface area (Å²) in [7, 11) is 0. The van der Waals surface area contributed by atoms with Gasteiger partial charge in [-0.15, -0.1) is 11.8 Å². The van der Waals surface area contributed by atoms with Crippen molar-refractivity contribution in [1.82, 2.24) is 15.5 Å². The SMILES string of the molecule is C[C@@H]1CNC[C@H]1c1nc(CSc2ccc(F)cc2)no1. The van der Waals surface area contributed by atoms with Gasteiger partial charge in [0.1, 0.15) is 5.82 Å². The Balaban J connectivity index is 1.61. The van der Waals surface area contributed by atoms with Crippen LogP contribution in [0.5, 0.6) is 0 Å². The molecule has 2 heterocycles. The van der Waals surface area contributed by atoms with Gasteiger partial charge < -0.3 is 9.84 Å². The van der Waals surface area contributed by atoms with Crippen molar-refractivity contribution in [1.29, 1.82) is 0 Å². The third-order valence-electron chi connectivity index (χ3n) is 3.50. The van der Waals surface area contributed by atoms with E-state index in [1.165, 1.54) is 12.1 Å². The minimum absolute atomic E-state index is 0.223. The van der Waals surface area contributed by atoms with E-state index in [9.17, 15) is 4.39 Å². The van der Waals surface area contributed by atoms with E-state index < -0.39 is 0 Å². The van der Waals surface area contributed by atoms with Crippen LogP contribution in [-0.4, -0.2) is 23.2 Å². The highest BCUT2D eigenvalue weighted by Crippen LogP contribution is 2.27. The number of aromatic nitrogens is 2. The number of nitrogens with zero attached hydrogens (tertiary/aromatic N) is 2. The first-order chi connectivity index (χ1) is 9.72. The summed E-state index contributed by atoms with van der Waals surface area (Å²) >= 11 is 1.57. The Hall–Kier alpha value is -1.40. The Bertz CT molecular complexity index is 572. The molecule has 0 aliphatic carbocycles. The van der Waals surface area contributed by atoms with Gasteiger partial charge >= 0.3 is 0 Å². The van der Waals surface area contributed by atoms with E-state index in [0.29, 0.717) is 23.4 Å². The molecule has 2 atom stereocenters. The first-order valence-electron chi connectivity index (χ1n) is 6.64. The number of nitrogens with one attached hydrogen (secondary N) is 1. The molecule has 1 aliphatic rings. The van der Waals surface area contributed by atoms with Gasteiger partial charge in [-0.3, -0.25) is 0 Å². The summed E-state index contributed by atoms with van der Waals surface area (Å²) in [6, 6.07) is 6.42.